The van der Waals surface area contributed by atoms with E-state index in [0.29, 0.717) is 26.3 Å². The first-order chi connectivity index (χ1) is 10.5. The van der Waals surface area contributed by atoms with Crippen molar-refractivity contribution in [3.05, 3.63) is 0 Å². The fraction of sp³-hybridized carbons (Fsp3) is 0.875. The molecule has 22 heavy (non-hydrogen) atoms. The third kappa shape index (κ3) is 4.87. The molecule has 0 bridgehead atoms. The summed E-state index contributed by atoms with van der Waals surface area (Å²) >= 11 is 0. The zero-order chi connectivity index (χ0) is 16.0. The van der Waals surface area contributed by atoms with Crippen molar-refractivity contribution in [3.63, 3.8) is 0 Å². The minimum atomic E-state index is -0.709. The first-order valence-electron chi connectivity index (χ1n) is 8.29. The van der Waals surface area contributed by atoms with Crippen LogP contribution in [0.3, 0.4) is 0 Å². The Morgan fingerprint density at radius 2 is 1.82 bits per heavy atom. The van der Waals surface area contributed by atoms with Gasteiger partial charge in [-0.25, -0.2) is 4.79 Å². The summed E-state index contributed by atoms with van der Waals surface area (Å²) in [5.74, 6) is -0.0332. The van der Waals surface area contributed by atoms with E-state index in [4.69, 9.17) is 9.47 Å². The summed E-state index contributed by atoms with van der Waals surface area (Å²) in [6.45, 7) is 5.92. The highest BCUT2D eigenvalue weighted by Crippen LogP contribution is 2.21. The normalized spacial score (nSPS) is 20.5. The van der Waals surface area contributed by atoms with Crippen LogP contribution in [0.5, 0.6) is 0 Å². The fourth-order valence-corrected chi connectivity index (χ4v) is 2.77. The van der Waals surface area contributed by atoms with E-state index < -0.39 is 5.41 Å². The summed E-state index contributed by atoms with van der Waals surface area (Å²) in [5.41, 5.74) is -0.709. The SMILES string of the molecule is CC(C)(COC(=O)N1CCOCC1)C(=O)NC1CCCCC1. The smallest absolute Gasteiger partial charge is 0.409 e. The number of hydrogen-bond acceptors (Lipinski definition) is 4. The maximum atomic E-state index is 12.4. The summed E-state index contributed by atoms with van der Waals surface area (Å²) in [4.78, 5) is 26.0. The van der Waals surface area contributed by atoms with Gasteiger partial charge in [-0.1, -0.05) is 19.3 Å². The molecule has 0 unspecified atom stereocenters. The van der Waals surface area contributed by atoms with Gasteiger partial charge in [-0.05, 0) is 26.7 Å². The number of hydrogen-bond donors (Lipinski definition) is 1. The van der Waals surface area contributed by atoms with Gasteiger partial charge in [-0.2, -0.15) is 0 Å². The number of rotatable bonds is 4. The van der Waals surface area contributed by atoms with Gasteiger partial charge in [0.2, 0.25) is 5.91 Å². The number of ether oxygens (including phenoxy) is 2. The van der Waals surface area contributed by atoms with Crippen molar-refractivity contribution in [2.75, 3.05) is 32.9 Å². The molecule has 1 N–H and O–H groups in total. The van der Waals surface area contributed by atoms with Crippen molar-refractivity contribution < 1.29 is 19.1 Å². The first-order valence-corrected chi connectivity index (χ1v) is 8.29. The Morgan fingerprint density at radius 1 is 1.18 bits per heavy atom. The second-order valence-electron chi connectivity index (χ2n) is 6.85. The Morgan fingerprint density at radius 3 is 2.45 bits per heavy atom. The van der Waals surface area contributed by atoms with E-state index >= 15 is 0 Å². The Bertz CT molecular complexity index is 386. The number of carbonyl (C=O) groups is 2. The molecule has 126 valence electrons. The molecule has 2 aliphatic rings. The summed E-state index contributed by atoms with van der Waals surface area (Å²) in [5, 5.41) is 3.10. The Labute approximate surface area is 132 Å². The summed E-state index contributed by atoms with van der Waals surface area (Å²) < 4.78 is 10.5. The lowest BCUT2D eigenvalue weighted by Crippen LogP contribution is -2.47. The van der Waals surface area contributed by atoms with Crippen molar-refractivity contribution in [2.45, 2.75) is 52.0 Å². The largest absolute Gasteiger partial charge is 0.448 e. The van der Waals surface area contributed by atoms with Crippen LogP contribution >= 0.6 is 0 Å². The molecule has 2 amide bonds. The molecule has 0 aromatic rings. The third-order valence-electron chi connectivity index (χ3n) is 4.38. The molecule has 1 aliphatic heterocycles. The lowest BCUT2D eigenvalue weighted by Gasteiger charge is -2.30. The Kier molecular flexibility index (Phi) is 6.06. The van der Waals surface area contributed by atoms with E-state index in [1.807, 2.05) is 13.8 Å². The molecule has 1 saturated heterocycles. The van der Waals surface area contributed by atoms with Crippen LogP contribution in [-0.2, 0) is 14.3 Å². The monoisotopic (exact) mass is 312 g/mol. The second-order valence-corrected chi connectivity index (χ2v) is 6.85. The summed E-state index contributed by atoms with van der Waals surface area (Å²) in [6.07, 6.45) is 5.36. The summed E-state index contributed by atoms with van der Waals surface area (Å²) in [7, 11) is 0. The van der Waals surface area contributed by atoms with Crippen LogP contribution in [-0.4, -0.2) is 55.9 Å². The number of morpholine rings is 1. The van der Waals surface area contributed by atoms with Crippen molar-refractivity contribution >= 4 is 12.0 Å². The van der Waals surface area contributed by atoms with E-state index in [0.717, 1.165) is 12.8 Å². The third-order valence-corrected chi connectivity index (χ3v) is 4.38. The average molecular weight is 312 g/mol. The molecule has 1 heterocycles. The maximum Gasteiger partial charge on any atom is 0.409 e. The predicted octanol–water partition coefficient (Wildman–Crippen LogP) is 1.93. The van der Waals surface area contributed by atoms with Crippen molar-refractivity contribution in [2.24, 2.45) is 5.41 Å². The molecule has 0 aromatic carbocycles. The molecule has 0 atom stereocenters. The van der Waals surface area contributed by atoms with E-state index in [2.05, 4.69) is 5.32 Å². The van der Waals surface area contributed by atoms with Gasteiger partial charge in [0.15, 0.2) is 0 Å². The molecule has 6 heteroatoms. The van der Waals surface area contributed by atoms with E-state index in [-0.39, 0.29) is 24.6 Å². The van der Waals surface area contributed by atoms with Gasteiger partial charge in [0.25, 0.3) is 0 Å². The van der Waals surface area contributed by atoms with Crippen LogP contribution in [0.25, 0.3) is 0 Å². The second kappa shape index (κ2) is 7.81. The molecular formula is C16H28N2O4. The van der Waals surface area contributed by atoms with Gasteiger partial charge in [-0.3, -0.25) is 4.79 Å². The molecule has 0 aromatic heterocycles. The van der Waals surface area contributed by atoms with Crippen molar-refractivity contribution in [1.82, 2.24) is 10.2 Å². The predicted molar refractivity (Wildman–Crippen MR) is 82.5 cm³/mol. The van der Waals surface area contributed by atoms with Crippen molar-refractivity contribution in [3.8, 4) is 0 Å². The van der Waals surface area contributed by atoms with Crippen LogP contribution in [0.4, 0.5) is 4.79 Å². The molecule has 1 saturated carbocycles. The van der Waals surface area contributed by atoms with E-state index in [1.165, 1.54) is 19.3 Å². The van der Waals surface area contributed by atoms with E-state index in [9.17, 15) is 9.59 Å². The van der Waals surface area contributed by atoms with Gasteiger partial charge in [0.05, 0.1) is 18.6 Å². The number of nitrogens with zero attached hydrogens (tertiary/aromatic N) is 1. The maximum absolute atomic E-state index is 12.4. The molecule has 2 fully saturated rings. The number of carbonyl (C=O) groups excluding carboxylic acids is 2. The van der Waals surface area contributed by atoms with Crippen LogP contribution in [0, 0.1) is 5.41 Å². The van der Waals surface area contributed by atoms with Crippen molar-refractivity contribution in [1.29, 1.82) is 0 Å². The topological polar surface area (TPSA) is 67.9 Å². The quantitative estimate of drug-likeness (QED) is 0.861. The minimum Gasteiger partial charge on any atom is -0.448 e. The Balaban J connectivity index is 1.76. The first kappa shape index (κ1) is 17.1. The zero-order valence-corrected chi connectivity index (χ0v) is 13.7. The van der Waals surface area contributed by atoms with Gasteiger partial charge in [-0.15, -0.1) is 0 Å². The fourth-order valence-electron chi connectivity index (χ4n) is 2.77. The van der Waals surface area contributed by atoms with Crippen LogP contribution in [0.1, 0.15) is 46.0 Å². The summed E-state index contributed by atoms with van der Waals surface area (Å²) in [6, 6.07) is 0.274. The van der Waals surface area contributed by atoms with Crippen LogP contribution < -0.4 is 5.32 Å². The molecule has 0 radical (unpaired) electrons. The van der Waals surface area contributed by atoms with Crippen LogP contribution in [0.2, 0.25) is 0 Å². The number of amides is 2. The Hall–Kier alpha value is -1.30. The lowest BCUT2D eigenvalue weighted by molar-refractivity contribution is -0.132. The van der Waals surface area contributed by atoms with Gasteiger partial charge in [0.1, 0.15) is 6.61 Å². The highest BCUT2D eigenvalue weighted by molar-refractivity contribution is 5.82. The van der Waals surface area contributed by atoms with Gasteiger partial charge >= 0.3 is 6.09 Å². The highest BCUT2D eigenvalue weighted by atomic mass is 16.6. The van der Waals surface area contributed by atoms with Crippen LogP contribution in [0.15, 0.2) is 0 Å². The minimum absolute atomic E-state index is 0.0332. The van der Waals surface area contributed by atoms with Gasteiger partial charge in [0, 0.05) is 19.1 Å². The number of nitrogens with one attached hydrogen (secondary N) is 1. The lowest BCUT2D eigenvalue weighted by atomic mass is 9.90. The molecule has 6 nitrogen and oxygen atoms in total. The van der Waals surface area contributed by atoms with E-state index in [1.54, 1.807) is 4.90 Å². The molecule has 0 spiro atoms. The van der Waals surface area contributed by atoms with Gasteiger partial charge < -0.3 is 19.7 Å². The average Bonchev–Trinajstić information content (AvgIpc) is 2.54. The standard InChI is InChI=1S/C16H28N2O4/c1-16(2,14(19)17-13-6-4-3-5-7-13)12-22-15(20)18-8-10-21-11-9-18/h13H,3-12H2,1-2H3,(H,17,19). The zero-order valence-electron chi connectivity index (χ0n) is 13.7. The molecule has 2 rings (SSSR count). The molecular weight excluding hydrogens is 284 g/mol. The molecule has 1 aliphatic carbocycles. The highest BCUT2D eigenvalue weighted by Gasteiger charge is 2.32.